The van der Waals surface area contributed by atoms with Gasteiger partial charge in [0.2, 0.25) is 0 Å². The molecule has 0 aromatic rings. The SMILES string of the molecule is CCCCCCCCC(CCCCCCCC)OC(=O)CCCCCCCN(CCCCCCCO)CCN(CC)CC. The third-order valence-electron chi connectivity index (χ3n) is 9.17. The number of carbonyl (C=O) groups is 1. The highest BCUT2D eigenvalue weighted by Gasteiger charge is 2.14. The van der Waals surface area contributed by atoms with E-state index in [1.165, 1.54) is 142 Å². The Labute approximate surface area is 270 Å². The van der Waals surface area contributed by atoms with Gasteiger partial charge in [0.25, 0.3) is 0 Å². The molecule has 0 aromatic heterocycles. The summed E-state index contributed by atoms with van der Waals surface area (Å²) >= 11 is 0. The van der Waals surface area contributed by atoms with E-state index in [2.05, 4.69) is 37.5 Å². The van der Waals surface area contributed by atoms with Crippen molar-refractivity contribution in [3.05, 3.63) is 0 Å². The molecule has 0 atom stereocenters. The average molecular weight is 611 g/mol. The van der Waals surface area contributed by atoms with E-state index in [1.54, 1.807) is 0 Å². The van der Waals surface area contributed by atoms with E-state index in [0.29, 0.717) is 13.0 Å². The van der Waals surface area contributed by atoms with Crippen LogP contribution in [0.2, 0.25) is 0 Å². The zero-order valence-electron chi connectivity index (χ0n) is 29.9. The highest BCUT2D eigenvalue weighted by molar-refractivity contribution is 5.69. The second-order valence-corrected chi connectivity index (χ2v) is 13.1. The number of likely N-dealkylation sites (N-methyl/N-ethyl adjacent to an activating group) is 1. The molecule has 0 saturated carbocycles. The lowest BCUT2D eigenvalue weighted by atomic mass is 10.0. The molecule has 0 bridgehead atoms. The number of hydrogen-bond acceptors (Lipinski definition) is 5. The molecule has 258 valence electrons. The summed E-state index contributed by atoms with van der Waals surface area (Å²) in [6.07, 6.45) is 30.2. The topological polar surface area (TPSA) is 53.0 Å². The lowest BCUT2D eigenvalue weighted by Gasteiger charge is -2.26. The Bertz CT molecular complexity index is 539. The molecular weight excluding hydrogens is 532 g/mol. The van der Waals surface area contributed by atoms with Crippen LogP contribution < -0.4 is 0 Å². The van der Waals surface area contributed by atoms with Crippen LogP contribution in [0.4, 0.5) is 0 Å². The number of hydrogen-bond donors (Lipinski definition) is 1. The van der Waals surface area contributed by atoms with Crippen LogP contribution in [0, 0.1) is 0 Å². The van der Waals surface area contributed by atoms with Crippen LogP contribution in [0.15, 0.2) is 0 Å². The molecule has 0 aromatic carbocycles. The summed E-state index contributed by atoms with van der Waals surface area (Å²) in [5, 5.41) is 8.99. The Morgan fingerprint density at radius 1 is 0.512 bits per heavy atom. The largest absolute Gasteiger partial charge is 0.462 e. The molecule has 0 amide bonds. The Morgan fingerprint density at radius 3 is 1.42 bits per heavy atom. The highest BCUT2D eigenvalue weighted by atomic mass is 16.5. The molecule has 5 heteroatoms. The van der Waals surface area contributed by atoms with E-state index in [4.69, 9.17) is 9.84 Å². The average Bonchev–Trinajstić information content (AvgIpc) is 3.01. The van der Waals surface area contributed by atoms with Crippen LogP contribution in [0.3, 0.4) is 0 Å². The zero-order valence-corrected chi connectivity index (χ0v) is 29.9. The third-order valence-corrected chi connectivity index (χ3v) is 9.17. The quantitative estimate of drug-likeness (QED) is 0.0571. The first-order valence-corrected chi connectivity index (χ1v) is 19.4. The van der Waals surface area contributed by atoms with Crippen molar-refractivity contribution in [2.45, 2.75) is 194 Å². The number of ether oxygens (including phenoxy) is 1. The van der Waals surface area contributed by atoms with Crippen LogP contribution in [-0.4, -0.2) is 72.9 Å². The van der Waals surface area contributed by atoms with Gasteiger partial charge >= 0.3 is 5.97 Å². The third kappa shape index (κ3) is 29.8. The molecule has 0 aliphatic heterocycles. The fourth-order valence-electron chi connectivity index (χ4n) is 6.08. The Balaban J connectivity index is 4.27. The van der Waals surface area contributed by atoms with Gasteiger partial charge in [-0.15, -0.1) is 0 Å². The standard InChI is InChI=1S/C38H78N2O3/c1-5-9-11-13-17-23-29-37(30-24-18-14-12-10-6-2)43-38(42)31-25-19-15-20-26-32-40(35-34-39(7-3)8-4)33-27-21-16-22-28-36-41/h37,41H,5-36H2,1-4H3. The Kier molecular flexibility index (Phi) is 33.7. The predicted octanol–water partition coefficient (Wildman–Crippen LogP) is 10.3. The predicted molar refractivity (Wildman–Crippen MR) is 188 cm³/mol. The van der Waals surface area contributed by atoms with Crippen LogP contribution in [-0.2, 0) is 9.53 Å². The van der Waals surface area contributed by atoms with Gasteiger partial charge in [0, 0.05) is 26.1 Å². The van der Waals surface area contributed by atoms with Gasteiger partial charge in [-0.25, -0.2) is 0 Å². The number of nitrogens with zero attached hydrogens (tertiary/aromatic N) is 2. The van der Waals surface area contributed by atoms with Crippen molar-refractivity contribution in [2.24, 2.45) is 0 Å². The van der Waals surface area contributed by atoms with E-state index in [-0.39, 0.29) is 12.1 Å². The van der Waals surface area contributed by atoms with E-state index < -0.39 is 0 Å². The summed E-state index contributed by atoms with van der Waals surface area (Å²) in [7, 11) is 0. The number of aliphatic hydroxyl groups excluding tert-OH is 1. The molecule has 0 fully saturated rings. The van der Waals surface area contributed by atoms with Crippen molar-refractivity contribution in [2.75, 3.05) is 45.9 Å². The minimum atomic E-state index is 0.0449. The lowest BCUT2D eigenvalue weighted by molar-refractivity contribution is -0.150. The maximum Gasteiger partial charge on any atom is 0.306 e. The maximum atomic E-state index is 12.7. The summed E-state index contributed by atoms with van der Waals surface area (Å²) in [5.74, 6) is 0.0449. The molecule has 0 aliphatic rings. The van der Waals surface area contributed by atoms with E-state index in [1.807, 2.05) is 0 Å². The summed E-state index contributed by atoms with van der Waals surface area (Å²) in [6.45, 7) is 16.4. The number of esters is 1. The fraction of sp³-hybridized carbons (Fsp3) is 0.974. The fourth-order valence-corrected chi connectivity index (χ4v) is 6.08. The molecule has 43 heavy (non-hydrogen) atoms. The Hall–Kier alpha value is -0.650. The van der Waals surface area contributed by atoms with Crippen molar-refractivity contribution in [3.8, 4) is 0 Å². The smallest absolute Gasteiger partial charge is 0.306 e. The van der Waals surface area contributed by atoms with Gasteiger partial charge in [0.1, 0.15) is 6.10 Å². The van der Waals surface area contributed by atoms with Gasteiger partial charge < -0.3 is 19.6 Å². The first-order chi connectivity index (χ1) is 21.1. The lowest BCUT2D eigenvalue weighted by Crippen LogP contribution is -2.36. The van der Waals surface area contributed by atoms with Crippen molar-refractivity contribution in [3.63, 3.8) is 0 Å². The van der Waals surface area contributed by atoms with Crippen LogP contribution in [0.25, 0.3) is 0 Å². The van der Waals surface area contributed by atoms with Crippen molar-refractivity contribution < 1.29 is 14.6 Å². The van der Waals surface area contributed by atoms with Crippen LogP contribution in [0.5, 0.6) is 0 Å². The van der Waals surface area contributed by atoms with Gasteiger partial charge in [-0.1, -0.05) is 130 Å². The zero-order chi connectivity index (χ0) is 31.6. The van der Waals surface area contributed by atoms with Crippen molar-refractivity contribution in [1.82, 2.24) is 9.80 Å². The number of carbonyl (C=O) groups excluding carboxylic acids is 1. The summed E-state index contributed by atoms with van der Waals surface area (Å²) in [4.78, 5) is 17.9. The van der Waals surface area contributed by atoms with E-state index in [0.717, 1.165) is 51.6 Å². The van der Waals surface area contributed by atoms with Crippen LogP contribution in [0.1, 0.15) is 188 Å². The van der Waals surface area contributed by atoms with Gasteiger partial charge in [-0.3, -0.25) is 4.79 Å². The second kappa shape index (κ2) is 34.2. The summed E-state index contributed by atoms with van der Waals surface area (Å²) in [5.41, 5.74) is 0. The molecule has 0 saturated heterocycles. The monoisotopic (exact) mass is 611 g/mol. The van der Waals surface area contributed by atoms with Gasteiger partial charge in [0.15, 0.2) is 0 Å². The van der Waals surface area contributed by atoms with Crippen molar-refractivity contribution >= 4 is 5.97 Å². The number of aliphatic hydroxyl groups is 1. The molecule has 1 N–H and O–H groups in total. The first-order valence-electron chi connectivity index (χ1n) is 19.4. The number of unbranched alkanes of at least 4 members (excludes halogenated alkanes) is 18. The van der Waals surface area contributed by atoms with E-state index >= 15 is 0 Å². The van der Waals surface area contributed by atoms with E-state index in [9.17, 15) is 4.79 Å². The van der Waals surface area contributed by atoms with Crippen molar-refractivity contribution in [1.29, 1.82) is 0 Å². The summed E-state index contributed by atoms with van der Waals surface area (Å²) < 4.78 is 6.04. The number of rotatable bonds is 35. The molecule has 0 rings (SSSR count). The van der Waals surface area contributed by atoms with Gasteiger partial charge in [-0.2, -0.15) is 0 Å². The van der Waals surface area contributed by atoms with Crippen LogP contribution >= 0.6 is 0 Å². The summed E-state index contributed by atoms with van der Waals surface area (Å²) in [6, 6.07) is 0. The molecule has 0 aliphatic carbocycles. The molecule has 0 heterocycles. The second-order valence-electron chi connectivity index (χ2n) is 13.1. The maximum absolute atomic E-state index is 12.7. The minimum absolute atomic E-state index is 0.0449. The first kappa shape index (κ1) is 42.3. The molecule has 0 spiro atoms. The highest BCUT2D eigenvalue weighted by Crippen LogP contribution is 2.18. The molecule has 5 nitrogen and oxygen atoms in total. The van der Waals surface area contributed by atoms with Gasteiger partial charge in [-0.05, 0) is 77.5 Å². The molecule has 0 unspecified atom stereocenters. The molecule has 0 radical (unpaired) electrons. The van der Waals surface area contributed by atoms with Gasteiger partial charge in [0.05, 0.1) is 0 Å². The Morgan fingerprint density at radius 2 is 0.930 bits per heavy atom. The normalized spacial score (nSPS) is 11.8. The molecular formula is C38H78N2O3. The minimum Gasteiger partial charge on any atom is -0.462 e.